The number of amidine groups is 1. The van der Waals surface area contributed by atoms with Crippen LogP contribution in [0.1, 0.15) is 24.0 Å². The summed E-state index contributed by atoms with van der Waals surface area (Å²) in [6.45, 7) is 4.57. The highest BCUT2D eigenvalue weighted by atomic mass is 19.1. The molecule has 0 amide bonds. The summed E-state index contributed by atoms with van der Waals surface area (Å²) < 4.78 is 16.8. The molecule has 2 aromatic carbocycles. The standard InChI is InChI=1S/C22H24FN5/c1-13-7-15(9-18-12-28(2)27-20(13)18)16-8-17-11-25-22(14-3-5-24-6-4-14)26-21(17)19(23)10-16/h7-10,12,14,24H,3-6,11H2,1-2H3,(H,25,26). The Morgan fingerprint density at radius 1 is 1.11 bits per heavy atom. The number of hydrogen-bond donors (Lipinski definition) is 2. The SMILES string of the molecule is Cc1cc(-c2cc(F)c3c(c2)CN=C(C2CCNCC2)N3)cc2cn(C)nc12. The van der Waals surface area contributed by atoms with E-state index < -0.39 is 0 Å². The van der Waals surface area contributed by atoms with E-state index in [-0.39, 0.29) is 5.82 Å². The van der Waals surface area contributed by atoms with E-state index in [4.69, 9.17) is 4.99 Å². The maximum Gasteiger partial charge on any atom is 0.147 e. The van der Waals surface area contributed by atoms with Gasteiger partial charge in [-0.15, -0.1) is 0 Å². The molecule has 1 aromatic heterocycles. The number of benzene rings is 2. The quantitative estimate of drug-likeness (QED) is 0.709. The predicted molar refractivity (Wildman–Crippen MR) is 111 cm³/mol. The molecule has 5 rings (SSSR count). The molecule has 28 heavy (non-hydrogen) atoms. The average molecular weight is 377 g/mol. The van der Waals surface area contributed by atoms with Crippen LogP contribution in [0.25, 0.3) is 22.0 Å². The van der Waals surface area contributed by atoms with Crippen LogP contribution >= 0.6 is 0 Å². The number of nitrogens with one attached hydrogen (secondary N) is 2. The lowest BCUT2D eigenvalue weighted by Crippen LogP contribution is -2.36. The number of fused-ring (bicyclic) bond motifs is 2. The summed E-state index contributed by atoms with van der Waals surface area (Å²) in [5.41, 5.74) is 5.47. The number of aryl methyl sites for hydroxylation is 2. The van der Waals surface area contributed by atoms with E-state index in [9.17, 15) is 0 Å². The molecule has 2 aliphatic heterocycles. The molecule has 0 saturated carbocycles. The van der Waals surface area contributed by atoms with Gasteiger partial charge >= 0.3 is 0 Å². The number of aromatic nitrogens is 2. The largest absolute Gasteiger partial charge is 0.341 e. The van der Waals surface area contributed by atoms with Gasteiger partial charge in [0, 0.05) is 30.1 Å². The minimum Gasteiger partial charge on any atom is -0.341 e. The van der Waals surface area contributed by atoms with Crippen LogP contribution in [0.5, 0.6) is 0 Å². The van der Waals surface area contributed by atoms with Crippen molar-refractivity contribution in [2.45, 2.75) is 26.3 Å². The van der Waals surface area contributed by atoms with Gasteiger partial charge in [0.25, 0.3) is 0 Å². The summed E-state index contributed by atoms with van der Waals surface area (Å²) in [5.74, 6) is 1.12. The van der Waals surface area contributed by atoms with Crippen molar-refractivity contribution in [1.29, 1.82) is 0 Å². The average Bonchev–Trinajstić information content (AvgIpc) is 3.09. The number of piperidine rings is 1. The number of anilines is 1. The Labute approximate surface area is 163 Å². The Kier molecular flexibility index (Phi) is 4.16. The highest BCUT2D eigenvalue weighted by Crippen LogP contribution is 2.34. The van der Waals surface area contributed by atoms with Gasteiger partial charge in [-0.25, -0.2) is 4.39 Å². The third kappa shape index (κ3) is 2.98. The minimum absolute atomic E-state index is 0.210. The van der Waals surface area contributed by atoms with Crippen LogP contribution < -0.4 is 10.6 Å². The Bertz CT molecular complexity index is 1090. The van der Waals surface area contributed by atoms with Crippen LogP contribution in [0.4, 0.5) is 10.1 Å². The lowest BCUT2D eigenvalue weighted by atomic mass is 9.94. The van der Waals surface area contributed by atoms with Crippen molar-refractivity contribution in [2.75, 3.05) is 18.4 Å². The van der Waals surface area contributed by atoms with Crippen molar-refractivity contribution in [3.8, 4) is 11.1 Å². The van der Waals surface area contributed by atoms with Crippen molar-refractivity contribution in [2.24, 2.45) is 18.0 Å². The minimum atomic E-state index is -0.210. The van der Waals surface area contributed by atoms with Gasteiger partial charge in [-0.3, -0.25) is 9.67 Å². The number of hydrogen-bond acceptors (Lipinski definition) is 4. The molecule has 6 heteroatoms. The van der Waals surface area contributed by atoms with Crippen molar-refractivity contribution in [1.82, 2.24) is 15.1 Å². The second kappa shape index (κ2) is 6.71. The first-order valence-electron chi connectivity index (χ1n) is 9.87. The van der Waals surface area contributed by atoms with Crippen LogP contribution in [-0.2, 0) is 13.6 Å². The molecule has 1 fully saturated rings. The van der Waals surface area contributed by atoms with E-state index in [1.165, 1.54) is 0 Å². The van der Waals surface area contributed by atoms with E-state index in [1.54, 1.807) is 6.07 Å². The fourth-order valence-electron chi connectivity index (χ4n) is 4.36. The maximum atomic E-state index is 15.0. The molecule has 5 nitrogen and oxygen atoms in total. The van der Waals surface area contributed by atoms with Gasteiger partial charge in [0.15, 0.2) is 0 Å². The van der Waals surface area contributed by atoms with Gasteiger partial charge in [0.2, 0.25) is 0 Å². The first-order chi connectivity index (χ1) is 13.6. The van der Waals surface area contributed by atoms with E-state index in [0.29, 0.717) is 18.2 Å². The lowest BCUT2D eigenvalue weighted by molar-refractivity contribution is 0.454. The van der Waals surface area contributed by atoms with Crippen LogP contribution in [0.2, 0.25) is 0 Å². The highest BCUT2D eigenvalue weighted by Gasteiger charge is 2.24. The van der Waals surface area contributed by atoms with Crippen LogP contribution in [0.3, 0.4) is 0 Å². The van der Waals surface area contributed by atoms with Crippen molar-refractivity contribution >= 4 is 22.4 Å². The van der Waals surface area contributed by atoms with Crippen molar-refractivity contribution in [3.63, 3.8) is 0 Å². The Hall–Kier alpha value is -2.73. The molecule has 3 heterocycles. The molecule has 2 N–H and O–H groups in total. The zero-order valence-electron chi connectivity index (χ0n) is 16.2. The summed E-state index contributed by atoms with van der Waals surface area (Å²) in [5, 5.41) is 12.2. The van der Waals surface area contributed by atoms with Crippen molar-refractivity contribution in [3.05, 3.63) is 47.4 Å². The molecule has 0 aliphatic carbocycles. The summed E-state index contributed by atoms with van der Waals surface area (Å²) in [4.78, 5) is 4.74. The lowest BCUT2D eigenvalue weighted by Gasteiger charge is -2.28. The van der Waals surface area contributed by atoms with Crippen LogP contribution in [-0.4, -0.2) is 28.7 Å². The second-order valence-electron chi connectivity index (χ2n) is 7.88. The second-order valence-corrected chi connectivity index (χ2v) is 7.88. The molecule has 0 bridgehead atoms. The van der Waals surface area contributed by atoms with E-state index in [0.717, 1.165) is 64.9 Å². The van der Waals surface area contributed by atoms with E-state index >= 15 is 4.39 Å². The summed E-state index contributed by atoms with van der Waals surface area (Å²) >= 11 is 0. The van der Waals surface area contributed by atoms with Crippen molar-refractivity contribution < 1.29 is 4.39 Å². The normalized spacial score (nSPS) is 17.3. The third-order valence-electron chi connectivity index (χ3n) is 5.82. The Balaban J connectivity index is 1.50. The number of nitrogens with zero attached hydrogens (tertiary/aromatic N) is 3. The molecule has 0 atom stereocenters. The Morgan fingerprint density at radius 2 is 1.89 bits per heavy atom. The van der Waals surface area contributed by atoms with Gasteiger partial charge < -0.3 is 10.6 Å². The van der Waals surface area contributed by atoms with Gasteiger partial charge in [-0.2, -0.15) is 5.10 Å². The zero-order valence-corrected chi connectivity index (χ0v) is 16.2. The molecular formula is C22H24FN5. The summed E-state index contributed by atoms with van der Waals surface area (Å²) in [7, 11) is 1.92. The monoisotopic (exact) mass is 377 g/mol. The fourth-order valence-corrected chi connectivity index (χ4v) is 4.36. The van der Waals surface area contributed by atoms with Gasteiger partial charge in [-0.05, 0) is 73.8 Å². The smallest absolute Gasteiger partial charge is 0.147 e. The maximum absolute atomic E-state index is 15.0. The molecule has 2 aliphatic rings. The first-order valence-corrected chi connectivity index (χ1v) is 9.87. The molecule has 1 saturated heterocycles. The fraction of sp³-hybridized carbons (Fsp3) is 0.364. The third-order valence-corrected chi connectivity index (χ3v) is 5.82. The van der Waals surface area contributed by atoms with E-state index in [2.05, 4.69) is 33.9 Å². The number of halogens is 1. The number of rotatable bonds is 2. The molecule has 144 valence electrons. The molecule has 0 radical (unpaired) electrons. The zero-order chi connectivity index (χ0) is 19.3. The van der Waals surface area contributed by atoms with E-state index in [1.807, 2.05) is 24.9 Å². The van der Waals surface area contributed by atoms with Gasteiger partial charge in [0.05, 0.1) is 17.7 Å². The first kappa shape index (κ1) is 17.4. The molecular weight excluding hydrogens is 353 g/mol. The molecule has 0 spiro atoms. The number of aliphatic imine (C=N–C) groups is 1. The highest BCUT2D eigenvalue weighted by molar-refractivity contribution is 5.99. The topological polar surface area (TPSA) is 54.2 Å². The summed E-state index contributed by atoms with van der Waals surface area (Å²) in [6, 6.07) is 7.85. The van der Waals surface area contributed by atoms with Gasteiger partial charge in [0.1, 0.15) is 11.7 Å². The van der Waals surface area contributed by atoms with Crippen LogP contribution in [0.15, 0.2) is 35.5 Å². The Morgan fingerprint density at radius 3 is 2.71 bits per heavy atom. The molecule has 0 unspecified atom stereocenters. The van der Waals surface area contributed by atoms with Gasteiger partial charge in [-0.1, -0.05) is 0 Å². The summed E-state index contributed by atoms with van der Waals surface area (Å²) in [6.07, 6.45) is 4.09. The predicted octanol–water partition coefficient (Wildman–Crippen LogP) is 4.01. The van der Waals surface area contributed by atoms with Crippen LogP contribution in [0, 0.1) is 18.7 Å². The molecule has 3 aromatic rings.